The first-order valence-corrected chi connectivity index (χ1v) is 6.75. The first-order chi connectivity index (χ1) is 8.22. The minimum absolute atomic E-state index is 0.299. The van der Waals surface area contributed by atoms with Crippen LogP contribution < -0.4 is 5.32 Å². The van der Waals surface area contributed by atoms with Gasteiger partial charge in [-0.25, -0.2) is 0 Å². The molecule has 2 nitrogen and oxygen atoms in total. The lowest BCUT2D eigenvalue weighted by molar-refractivity contribution is 0.101. The summed E-state index contributed by atoms with van der Waals surface area (Å²) in [6.45, 7) is 3.49. The van der Waals surface area contributed by atoms with E-state index in [1.807, 2.05) is 12.1 Å². The molecule has 2 aliphatic rings. The monoisotopic (exact) mass is 231 g/mol. The predicted molar refractivity (Wildman–Crippen MR) is 69.2 cm³/mol. The fourth-order valence-electron chi connectivity index (χ4n) is 3.98. The zero-order valence-electron chi connectivity index (χ0n) is 10.4. The summed E-state index contributed by atoms with van der Waals surface area (Å²) in [4.78, 5) is 0. The Morgan fingerprint density at radius 3 is 3.06 bits per heavy atom. The van der Waals surface area contributed by atoms with Crippen LogP contribution in [0.3, 0.4) is 0 Å². The zero-order chi connectivity index (χ0) is 11.9. The van der Waals surface area contributed by atoms with Crippen molar-refractivity contribution in [2.24, 2.45) is 5.92 Å². The minimum atomic E-state index is 0.299. The molecule has 0 radical (unpaired) electrons. The van der Waals surface area contributed by atoms with Gasteiger partial charge in [0.15, 0.2) is 0 Å². The molecule has 1 aromatic rings. The van der Waals surface area contributed by atoms with Gasteiger partial charge in [0.2, 0.25) is 0 Å². The van der Waals surface area contributed by atoms with E-state index in [-0.39, 0.29) is 0 Å². The van der Waals surface area contributed by atoms with E-state index < -0.39 is 0 Å². The van der Waals surface area contributed by atoms with E-state index >= 15 is 0 Å². The van der Waals surface area contributed by atoms with Gasteiger partial charge in [0, 0.05) is 11.5 Å². The maximum Gasteiger partial charge on any atom is 0.115 e. The van der Waals surface area contributed by atoms with Gasteiger partial charge in [0.05, 0.1) is 0 Å². The SMILES string of the molecule is C[C@@H]1[C@@H]2CCC[C@]1(c1cccc(O)c1)CCN2. The molecule has 1 aliphatic heterocycles. The van der Waals surface area contributed by atoms with Gasteiger partial charge in [-0.05, 0) is 49.4 Å². The Labute approximate surface area is 103 Å². The zero-order valence-corrected chi connectivity index (χ0v) is 10.4. The third-order valence-electron chi connectivity index (χ3n) is 5.01. The van der Waals surface area contributed by atoms with Gasteiger partial charge >= 0.3 is 0 Å². The summed E-state index contributed by atoms with van der Waals surface area (Å²) in [5.74, 6) is 1.08. The molecule has 3 rings (SSSR count). The number of piperidine rings is 1. The van der Waals surface area contributed by atoms with E-state index in [1.165, 1.54) is 31.2 Å². The van der Waals surface area contributed by atoms with Crippen LogP contribution in [-0.2, 0) is 5.41 Å². The molecule has 2 N–H and O–H groups in total. The molecule has 2 heteroatoms. The number of phenolic OH excluding ortho intramolecular Hbond substituents is 1. The standard InChI is InChI=1S/C15H21NO/c1-11-14-6-3-7-15(11,8-9-16-14)12-4-2-5-13(17)10-12/h2,4-5,10-11,14,16-17H,3,6-9H2,1H3/t11-,14+,15+/m1/s1. The van der Waals surface area contributed by atoms with Crippen molar-refractivity contribution in [3.05, 3.63) is 29.8 Å². The number of hydrogen-bond donors (Lipinski definition) is 2. The van der Waals surface area contributed by atoms with Crippen LogP contribution in [0.15, 0.2) is 24.3 Å². The fourth-order valence-corrected chi connectivity index (χ4v) is 3.98. The summed E-state index contributed by atoms with van der Waals surface area (Å²) >= 11 is 0. The van der Waals surface area contributed by atoms with Gasteiger partial charge in [-0.1, -0.05) is 25.5 Å². The van der Waals surface area contributed by atoms with Gasteiger partial charge < -0.3 is 10.4 Å². The first kappa shape index (κ1) is 11.1. The molecule has 0 unspecified atom stereocenters. The molecular formula is C15H21NO. The van der Waals surface area contributed by atoms with Crippen LogP contribution in [0.2, 0.25) is 0 Å². The topological polar surface area (TPSA) is 32.3 Å². The number of nitrogens with one attached hydrogen (secondary N) is 1. The van der Waals surface area contributed by atoms with Crippen LogP contribution in [-0.4, -0.2) is 17.7 Å². The minimum Gasteiger partial charge on any atom is -0.508 e. The lowest BCUT2D eigenvalue weighted by Crippen LogP contribution is -2.55. The average molecular weight is 231 g/mol. The molecule has 1 aliphatic carbocycles. The second-order valence-corrected chi connectivity index (χ2v) is 5.70. The molecule has 0 aromatic heterocycles. The Morgan fingerprint density at radius 1 is 1.35 bits per heavy atom. The van der Waals surface area contributed by atoms with Crippen molar-refractivity contribution >= 4 is 0 Å². The second-order valence-electron chi connectivity index (χ2n) is 5.70. The molecule has 1 aromatic carbocycles. The van der Waals surface area contributed by atoms with Crippen molar-refractivity contribution in [2.45, 2.75) is 44.1 Å². The Kier molecular flexibility index (Phi) is 2.62. The van der Waals surface area contributed by atoms with Crippen molar-refractivity contribution in [1.82, 2.24) is 5.32 Å². The summed E-state index contributed by atoms with van der Waals surface area (Å²) in [6, 6.07) is 8.60. The third-order valence-corrected chi connectivity index (χ3v) is 5.01. The van der Waals surface area contributed by atoms with Gasteiger partial charge in [-0.15, -0.1) is 0 Å². The summed E-state index contributed by atoms with van der Waals surface area (Å²) in [5.41, 5.74) is 1.64. The Hall–Kier alpha value is -1.02. The van der Waals surface area contributed by atoms with Crippen molar-refractivity contribution in [2.75, 3.05) is 6.54 Å². The van der Waals surface area contributed by atoms with Crippen LogP contribution in [0.25, 0.3) is 0 Å². The molecule has 0 amide bonds. The number of phenols is 1. The molecule has 0 spiro atoms. The van der Waals surface area contributed by atoms with Crippen LogP contribution >= 0.6 is 0 Å². The van der Waals surface area contributed by atoms with Gasteiger partial charge in [0.25, 0.3) is 0 Å². The lowest BCUT2D eigenvalue weighted by Gasteiger charge is -2.51. The molecule has 2 bridgehead atoms. The van der Waals surface area contributed by atoms with E-state index in [9.17, 15) is 5.11 Å². The number of hydrogen-bond acceptors (Lipinski definition) is 2. The average Bonchev–Trinajstić information content (AvgIpc) is 2.29. The van der Waals surface area contributed by atoms with Crippen molar-refractivity contribution in [3.8, 4) is 5.75 Å². The first-order valence-electron chi connectivity index (χ1n) is 6.75. The number of fused-ring (bicyclic) bond motifs is 2. The number of benzene rings is 1. The highest BCUT2D eigenvalue weighted by Gasteiger charge is 2.46. The van der Waals surface area contributed by atoms with Gasteiger partial charge in [0.1, 0.15) is 5.75 Å². The fraction of sp³-hybridized carbons (Fsp3) is 0.600. The molecule has 2 fully saturated rings. The molecular weight excluding hydrogens is 210 g/mol. The third kappa shape index (κ3) is 1.66. The summed E-state index contributed by atoms with van der Waals surface area (Å²) in [5, 5.41) is 13.4. The molecule has 1 heterocycles. The van der Waals surface area contributed by atoms with Crippen molar-refractivity contribution in [3.63, 3.8) is 0 Å². The van der Waals surface area contributed by atoms with Gasteiger partial charge in [-0.3, -0.25) is 0 Å². The second kappa shape index (κ2) is 4.02. The lowest BCUT2D eigenvalue weighted by atomic mass is 9.58. The van der Waals surface area contributed by atoms with E-state index in [2.05, 4.69) is 18.3 Å². The highest BCUT2D eigenvalue weighted by atomic mass is 16.3. The number of rotatable bonds is 1. The summed E-state index contributed by atoms with van der Waals surface area (Å²) in [6.07, 6.45) is 5.09. The van der Waals surface area contributed by atoms with E-state index in [1.54, 1.807) is 6.07 Å². The highest BCUT2D eigenvalue weighted by molar-refractivity contribution is 5.35. The molecule has 1 saturated heterocycles. The Morgan fingerprint density at radius 2 is 2.24 bits per heavy atom. The van der Waals surface area contributed by atoms with E-state index in [0.29, 0.717) is 23.1 Å². The Bertz CT molecular complexity index is 405. The normalized spacial score (nSPS) is 36.8. The van der Waals surface area contributed by atoms with E-state index in [4.69, 9.17) is 0 Å². The quantitative estimate of drug-likeness (QED) is 0.779. The maximum atomic E-state index is 9.71. The number of aromatic hydroxyl groups is 1. The van der Waals surface area contributed by atoms with Crippen LogP contribution in [0.1, 0.15) is 38.2 Å². The predicted octanol–water partition coefficient (Wildman–Crippen LogP) is 2.81. The van der Waals surface area contributed by atoms with Gasteiger partial charge in [-0.2, -0.15) is 0 Å². The highest BCUT2D eigenvalue weighted by Crippen LogP contribution is 2.48. The van der Waals surface area contributed by atoms with Crippen LogP contribution in [0.4, 0.5) is 0 Å². The van der Waals surface area contributed by atoms with Crippen molar-refractivity contribution in [1.29, 1.82) is 0 Å². The van der Waals surface area contributed by atoms with Crippen molar-refractivity contribution < 1.29 is 5.11 Å². The summed E-state index contributed by atoms with van der Waals surface area (Å²) in [7, 11) is 0. The Balaban J connectivity index is 2.03. The summed E-state index contributed by atoms with van der Waals surface area (Å²) < 4.78 is 0. The molecule has 17 heavy (non-hydrogen) atoms. The molecule has 3 atom stereocenters. The van der Waals surface area contributed by atoms with E-state index in [0.717, 1.165) is 6.54 Å². The van der Waals surface area contributed by atoms with Crippen LogP contribution in [0, 0.1) is 5.92 Å². The molecule has 92 valence electrons. The largest absolute Gasteiger partial charge is 0.508 e. The molecule has 1 saturated carbocycles. The smallest absolute Gasteiger partial charge is 0.115 e. The van der Waals surface area contributed by atoms with Crippen LogP contribution in [0.5, 0.6) is 5.75 Å². The maximum absolute atomic E-state index is 9.71.